The van der Waals surface area contributed by atoms with Crippen molar-refractivity contribution in [3.8, 4) is 0 Å². The van der Waals surface area contributed by atoms with E-state index in [0.29, 0.717) is 13.1 Å². The molecule has 4 rings (SSSR count). The standard InChI is InChI=1S/C22H21ClFN3O/c23-19-8-2-1-6-16(19)14-26-13-5-7-18(26)15-27(17-11-12-17)22(28)25-21-10-4-3-9-20(21)24/h1-10,13,17H,11-12,14-15H2,(H,25,28). The van der Waals surface area contributed by atoms with Gasteiger partial charge in [-0.2, -0.15) is 0 Å². The van der Waals surface area contributed by atoms with Crippen LogP contribution in [-0.2, 0) is 13.1 Å². The smallest absolute Gasteiger partial charge is 0.322 e. The van der Waals surface area contributed by atoms with Crippen LogP contribution in [0.5, 0.6) is 0 Å². The van der Waals surface area contributed by atoms with Gasteiger partial charge in [0.05, 0.1) is 12.2 Å². The fourth-order valence-corrected chi connectivity index (χ4v) is 3.43. The molecule has 0 unspecified atom stereocenters. The molecule has 2 amide bonds. The lowest BCUT2D eigenvalue weighted by Crippen LogP contribution is -2.37. The van der Waals surface area contributed by atoms with Crippen molar-refractivity contribution in [2.75, 3.05) is 5.32 Å². The van der Waals surface area contributed by atoms with E-state index in [0.717, 1.165) is 29.1 Å². The minimum absolute atomic E-state index is 0.190. The van der Waals surface area contributed by atoms with E-state index >= 15 is 0 Å². The molecule has 1 aliphatic carbocycles. The highest BCUT2D eigenvalue weighted by molar-refractivity contribution is 6.31. The van der Waals surface area contributed by atoms with Crippen molar-refractivity contribution in [3.05, 3.63) is 89.0 Å². The first-order chi connectivity index (χ1) is 13.6. The van der Waals surface area contributed by atoms with Gasteiger partial charge >= 0.3 is 6.03 Å². The fraction of sp³-hybridized carbons (Fsp3) is 0.227. The van der Waals surface area contributed by atoms with E-state index in [1.807, 2.05) is 42.6 Å². The zero-order valence-electron chi connectivity index (χ0n) is 15.3. The number of hydrogen-bond acceptors (Lipinski definition) is 1. The molecule has 0 atom stereocenters. The Kier molecular flexibility index (Phi) is 5.35. The molecule has 0 radical (unpaired) electrons. The van der Waals surface area contributed by atoms with Gasteiger partial charge in [-0.25, -0.2) is 9.18 Å². The third kappa shape index (κ3) is 4.20. The van der Waals surface area contributed by atoms with Crippen LogP contribution in [0.1, 0.15) is 24.1 Å². The van der Waals surface area contributed by atoms with Gasteiger partial charge in [-0.1, -0.05) is 41.9 Å². The third-order valence-corrected chi connectivity index (χ3v) is 5.29. The first-order valence-corrected chi connectivity index (χ1v) is 9.69. The molecular formula is C22H21ClFN3O. The van der Waals surface area contributed by atoms with E-state index in [9.17, 15) is 9.18 Å². The molecule has 1 saturated carbocycles. The Morgan fingerprint density at radius 3 is 2.61 bits per heavy atom. The lowest BCUT2D eigenvalue weighted by atomic mass is 10.2. The van der Waals surface area contributed by atoms with Gasteiger partial charge in [0.15, 0.2) is 0 Å². The van der Waals surface area contributed by atoms with Crippen molar-refractivity contribution in [1.29, 1.82) is 0 Å². The average molecular weight is 398 g/mol. The van der Waals surface area contributed by atoms with Gasteiger partial charge in [-0.05, 0) is 48.7 Å². The number of aromatic nitrogens is 1. The molecule has 144 valence electrons. The van der Waals surface area contributed by atoms with Gasteiger partial charge in [0, 0.05) is 29.5 Å². The average Bonchev–Trinajstić information content (AvgIpc) is 3.43. The maximum absolute atomic E-state index is 13.9. The zero-order chi connectivity index (χ0) is 19.5. The van der Waals surface area contributed by atoms with Gasteiger partial charge in [-0.3, -0.25) is 0 Å². The third-order valence-electron chi connectivity index (χ3n) is 4.92. The van der Waals surface area contributed by atoms with Crippen LogP contribution in [0, 0.1) is 5.82 Å². The van der Waals surface area contributed by atoms with Crippen LogP contribution < -0.4 is 5.32 Å². The fourth-order valence-electron chi connectivity index (χ4n) is 3.23. The predicted octanol–water partition coefficient (Wildman–Crippen LogP) is 5.53. The summed E-state index contributed by atoms with van der Waals surface area (Å²) in [5.74, 6) is -0.436. The monoisotopic (exact) mass is 397 g/mol. The number of rotatable bonds is 6. The summed E-state index contributed by atoms with van der Waals surface area (Å²) in [6.45, 7) is 1.10. The Balaban J connectivity index is 1.50. The summed E-state index contributed by atoms with van der Waals surface area (Å²) in [7, 11) is 0. The van der Waals surface area contributed by atoms with Gasteiger partial charge in [0.1, 0.15) is 5.82 Å². The minimum atomic E-state index is -0.436. The molecule has 0 bridgehead atoms. The highest BCUT2D eigenvalue weighted by atomic mass is 35.5. The number of halogens is 2. The quantitative estimate of drug-likeness (QED) is 0.583. The maximum Gasteiger partial charge on any atom is 0.322 e. The van der Waals surface area contributed by atoms with E-state index in [-0.39, 0.29) is 17.8 Å². The van der Waals surface area contributed by atoms with Crippen molar-refractivity contribution in [1.82, 2.24) is 9.47 Å². The number of benzene rings is 2. The summed E-state index contributed by atoms with van der Waals surface area (Å²) in [5.41, 5.74) is 2.23. The molecule has 1 heterocycles. The van der Waals surface area contributed by atoms with Crippen molar-refractivity contribution in [3.63, 3.8) is 0 Å². The second kappa shape index (κ2) is 8.07. The Labute approximate surface area is 168 Å². The van der Waals surface area contributed by atoms with E-state index in [4.69, 9.17) is 11.6 Å². The molecule has 0 saturated heterocycles. The van der Waals surface area contributed by atoms with Crippen molar-refractivity contribution >= 4 is 23.3 Å². The number of nitrogens with one attached hydrogen (secondary N) is 1. The summed E-state index contributed by atoms with van der Waals surface area (Å²) in [5, 5.41) is 3.42. The topological polar surface area (TPSA) is 37.3 Å². The van der Waals surface area contributed by atoms with Gasteiger partial charge < -0.3 is 14.8 Å². The Hall–Kier alpha value is -2.79. The molecule has 0 spiro atoms. The van der Waals surface area contributed by atoms with Crippen LogP contribution in [0.3, 0.4) is 0 Å². The Morgan fingerprint density at radius 2 is 1.86 bits per heavy atom. The lowest BCUT2D eigenvalue weighted by molar-refractivity contribution is 0.204. The van der Waals surface area contributed by atoms with Crippen LogP contribution in [0.25, 0.3) is 0 Å². The number of amides is 2. The molecule has 0 aliphatic heterocycles. The maximum atomic E-state index is 13.9. The van der Waals surface area contributed by atoms with Crippen molar-refractivity contribution in [2.24, 2.45) is 0 Å². The molecule has 2 aromatic carbocycles. The van der Waals surface area contributed by atoms with Crippen LogP contribution in [0.4, 0.5) is 14.9 Å². The molecule has 4 nitrogen and oxygen atoms in total. The van der Waals surface area contributed by atoms with Crippen LogP contribution in [0.15, 0.2) is 66.9 Å². The zero-order valence-corrected chi connectivity index (χ0v) is 16.1. The van der Waals surface area contributed by atoms with Crippen molar-refractivity contribution < 1.29 is 9.18 Å². The van der Waals surface area contributed by atoms with Crippen LogP contribution in [-0.4, -0.2) is 21.5 Å². The van der Waals surface area contributed by atoms with Gasteiger partial charge in [0.25, 0.3) is 0 Å². The molecule has 3 aromatic rings. The summed E-state index contributed by atoms with van der Waals surface area (Å²) >= 11 is 6.29. The van der Waals surface area contributed by atoms with Crippen molar-refractivity contribution in [2.45, 2.75) is 32.0 Å². The van der Waals surface area contributed by atoms with E-state index < -0.39 is 5.82 Å². The summed E-state index contributed by atoms with van der Waals surface area (Å²) in [6.07, 6.45) is 3.92. The van der Waals surface area contributed by atoms with Gasteiger partial charge in [0.2, 0.25) is 0 Å². The number of para-hydroxylation sites is 1. The number of hydrogen-bond donors (Lipinski definition) is 1. The number of nitrogens with zero attached hydrogens (tertiary/aromatic N) is 2. The van der Waals surface area contributed by atoms with Crippen LogP contribution >= 0.6 is 11.6 Å². The first kappa shape index (κ1) is 18.6. The molecule has 28 heavy (non-hydrogen) atoms. The SMILES string of the molecule is O=C(Nc1ccccc1F)N(Cc1cccn1Cc1ccccc1Cl)C1CC1. The molecule has 1 N–H and O–H groups in total. The summed E-state index contributed by atoms with van der Waals surface area (Å²) in [6, 6.07) is 17.8. The normalized spacial score (nSPS) is 13.4. The second-order valence-corrected chi connectivity index (χ2v) is 7.40. The second-order valence-electron chi connectivity index (χ2n) is 6.99. The Morgan fingerprint density at radius 1 is 1.11 bits per heavy atom. The summed E-state index contributed by atoms with van der Waals surface area (Å²) in [4.78, 5) is 14.6. The largest absolute Gasteiger partial charge is 0.345 e. The first-order valence-electron chi connectivity index (χ1n) is 9.31. The highest BCUT2D eigenvalue weighted by Gasteiger charge is 2.33. The van der Waals surface area contributed by atoms with Gasteiger partial charge in [-0.15, -0.1) is 0 Å². The van der Waals surface area contributed by atoms with Crippen LogP contribution in [0.2, 0.25) is 5.02 Å². The number of anilines is 1. The molecule has 1 aromatic heterocycles. The molecule has 1 aliphatic rings. The predicted molar refractivity (Wildman–Crippen MR) is 109 cm³/mol. The minimum Gasteiger partial charge on any atom is -0.345 e. The summed E-state index contributed by atoms with van der Waals surface area (Å²) < 4.78 is 16.0. The molecular weight excluding hydrogens is 377 g/mol. The van der Waals surface area contributed by atoms with E-state index in [1.165, 1.54) is 6.07 Å². The molecule has 6 heteroatoms. The highest BCUT2D eigenvalue weighted by Crippen LogP contribution is 2.30. The number of urea groups is 1. The van der Waals surface area contributed by atoms with E-state index in [2.05, 4.69) is 9.88 Å². The van der Waals surface area contributed by atoms with E-state index in [1.54, 1.807) is 23.1 Å². The molecule has 1 fully saturated rings. The number of carbonyl (C=O) groups excluding carboxylic acids is 1. The Bertz CT molecular complexity index is 983. The lowest BCUT2D eigenvalue weighted by Gasteiger charge is -2.24. The number of carbonyl (C=O) groups is 1.